The Morgan fingerprint density at radius 2 is 1.79 bits per heavy atom. The number of aliphatic carboxylic acids is 1. The van der Waals surface area contributed by atoms with Gasteiger partial charge in [0.1, 0.15) is 13.2 Å². The van der Waals surface area contributed by atoms with Crippen molar-refractivity contribution in [3.05, 3.63) is 18.2 Å². The van der Waals surface area contributed by atoms with Crippen LogP contribution in [0.4, 0.5) is 5.69 Å². The number of carboxylic acid groups (broad SMARTS) is 1. The van der Waals surface area contributed by atoms with E-state index in [0.717, 1.165) is 0 Å². The minimum atomic E-state index is -1.01. The number of amides is 2. The van der Waals surface area contributed by atoms with Gasteiger partial charge in [-0.05, 0) is 12.1 Å². The molecule has 0 radical (unpaired) electrons. The maximum absolute atomic E-state index is 12.4. The number of anilines is 1. The van der Waals surface area contributed by atoms with Gasteiger partial charge in [-0.2, -0.15) is 0 Å². The Bertz CT molecular complexity index is 745. The van der Waals surface area contributed by atoms with Crippen LogP contribution in [-0.2, 0) is 14.4 Å². The van der Waals surface area contributed by atoms with E-state index in [1.54, 1.807) is 23.1 Å². The van der Waals surface area contributed by atoms with E-state index in [2.05, 4.69) is 5.32 Å². The van der Waals surface area contributed by atoms with E-state index in [-0.39, 0.29) is 24.8 Å². The van der Waals surface area contributed by atoms with Crippen LogP contribution in [0.3, 0.4) is 0 Å². The summed E-state index contributed by atoms with van der Waals surface area (Å²) in [5.74, 6) is -0.994. The lowest BCUT2D eigenvalue weighted by Crippen LogP contribution is -2.50. The number of ether oxygens (including phenoxy) is 2. The Morgan fingerprint density at radius 3 is 2.43 bits per heavy atom. The SMILES string of the molecule is CC(=O)N1CCN(CC(CC(=O)Nc2ccc3c(c2)OCCO3)C(=O)O)CC1. The van der Waals surface area contributed by atoms with Crippen molar-refractivity contribution in [3.63, 3.8) is 0 Å². The third-order valence-electron chi connectivity index (χ3n) is 4.90. The first-order chi connectivity index (χ1) is 13.4. The average Bonchev–Trinajstić information content (AvgIpc) is 2.67. The van der Waals surface area contributed by atoms with Crippen LogP contribution in [0.25, 0.3) is 0 Å². The largest absolute Gasteiger partial charge is 0.486 e. The van der Waals surface area contributed by atoms with Crippen molar-refractivity contribution in [3.8, 4) is 11.5 Å². The van der Waals surface area contributed by atoms with Gasteiger partial charge in [-0.15, -0.1) is 0 Å². The molecule has 1 atom stereocenters. The molecule has 152 valence electrons. The zero-order valence-corrected chi connectivity index (χ0v) is 15.8. The molecule has 1 aromatic rings. The molecule has 2 amide bonds. The molecule has 2 N–H and O–H groups in total. The van der Waals surface area contributed by atoms with Gasteiger partial charge < -0.3 is 24.8 Å². The molecule has 9 nitrogen and oxygen atoms in total. The number of rotatable bonds is 6. The summed E-state index contributed by atoms with van der Waals surface area (Å²) in [7, 11) is 0. The number of nitrogens with zero attached hydrogens (tertiary/aromatic N) is 2. The molecule has 1 saturated heterocycles. The summed E-state index contributed by atoms with van der Waals surface area (Å²) >= 11 is 0. The van der Waals surface area contributed by atoms with E-state index in [1.807, 2.05) is 4.90 Å². The van der Waals surface area contributed by atoms with Gasteiger partial charge in [0, 0.05) is 57.8 Å². The van der Waals surface area contributed by atoms with Crippen molar-refractivity contribution in [2.75, 3.05) is 51.3 Å². The maximum Gasteiger partial charge on any atom is 0.308 e. The van der Waals surface area contributed by atoms with Gasteiger partial charge in [0.05, 0.1) is 5.92 Å². The molecule has 2 aliphatic heterocycles. The van der Waals surface area contributed by atoms with Crippen LogP contribution >= 0.6 is 0 Å². The molecule has 1 fully saturated rings. The van der Waals surface area contributed by atoms with Crippen LogP contribution in [0, 0.1) is 5.92 Å². The molecule has 2 aliphatic rings. The van der Waals surface area contributed by atoms with Crippen LogP contribution in [0.2, 0.25) is 0 Å². The van der Waals surface area contributed by atoms with Crippen LogP contribution in [0.15, 0.2) is 18.2 Å². The summed E-state index contributed by atoms with van der Waals surface area (Å²) in [5.41, 5.74) is 0.536. The first kappa shape index (κ1) is 19.9. The van der Waals surface area contributed by atoms with Gasteiger partial charge in [0.2, 0.25) is 11.8 Å². The Hall–Kier alpha value is -2.81. The van der Waals surface area contributed by atoms with E-state index < -0.39 is 11.9 Å². The standard InChI is InChI=1S/C19H25N3O6/c1-13(23)22-6-4-21(5-7-22)12-14(19(25)26)10-18(24)20-15-2-3-16-17(11-15)28-9-8-27-16/h2-3,11,14H,4-10,12H2,1H3,(H,20,24)(H,25,26). The third kappa shape index (κ3) is 5.13. The second-order valence-electron chi connectivity index (χ2n) is 6.95. The first-order valence-electron chi connectivity index (χ1n) is 9.32. The number of fused-ring (bicyclic) bond motifs is 1. The second-order valence-corrected chi connectivity index (χ2v) is 6.95. The molecule has 9 heteroatoms. The number of carbonyl (C=O) groups is 3. The minimum absolute atomic E-state index is 0.0215. The number of piperazine rings is 1. The molecular formula is C19H25N3O6. The van der Waals surface area contributed by atoms with Gasteiger partial charge >= 0.3 is 5.97 Å². The van der Waals surface area contributed by atoms with Crippen LogP contribution in [0.1, 0.15) is 13.3 Å². The smallest absolute Gasteiger partial charge is 0.308 e. The zero-order valence-electron chi connectivity index (χ0n) is 15.8. The fourth-order valence-electron chi connectivity index (χ4n) is 3.34. The summed E-state index contributed by atoms with van der Waals surface area (Å²) in [4.78, 5) is 39.1. The van der Waals surface area contributed by atoms with Gasteiger partial charge in [-0.3, -0.25) is 19.3 Å². The molecule has 2 heterocycles. The van der Waals surface area contributed by atoms with E-state index in [4.69, 9.17) is 9.47 Å². The summed E-state index contributed by atoms with van der Waals surface area (Å²) in [5, 5.41) is 12.2. The molecular weight excluding hydrogens is 366 g/mol. The normalized spacial score (nSPS) is 17.7. The summed E-state index contributed by atoms with van der Waals surface area (Å²) in [6.45, 7) is 5.09. The Labute approximate surface area is 163 Å². The van der Waals surface area contributed by atoms with Crippen LogP contribution in [0.5, 0.6) is 11.5 Å². The molecule has 1 aromatic carbocycles. The third-order valence-corrected chi connectivity index (χ3v) is 4.90. The predicted molar refractivity (Wildman–Crippen MR) is 100 cm³/mol. The van der Waals surface area contributed by atoms with E-state index in [0.29, 0.717) is 56.6 Å². The monoisotopic (exact) mass is 391 g/mol. The van der Waals surface area contributed by atoms with Crippen LogP contribution in [-0.4, -0.2) is 78.6 Å². The summed E-state index contributed by atoms with van der Waals surface area (Å²) in [6.07, 6.45) is -0.128. The summed E-state index contributed by atoms with van der Waals surface area (Å²) in [6, 6.07) is 5.08. The Kier molecular flexibility index (Phi) is 6.35. The molecule has 0 saturated carbocycles. The topological polar surface area (TPSA) is 108 Å². The molecule has 28 heavy (non-hydrogen) atoms. The average molecular weight is 391 g/mol. The first-order valence-corrected chi connectivity index (χ1v) is 9.32. The lowest BCUT2D eigenvalue weighted by molar-refractivity contribution is -0.144. The molecule has 0 aromatic heterocycles. The Morgan fingerprint density at radius 1 is 1.11 bits per heavy atom. The molecule has 0 aliphatic carbocycles. The highest BCUT2D eigenvalue weighted by Crippen LogP contribution is 2.32. The van der Waals surface area contributed by atoms with Gasteiger partial charge in [0.15, 0.2) is 11.5 Å². The number of benzene rings is 1. The molecule has 0 spiro atoms. The van der Waals surface area contributed by atoms with Crippen molar-refractivity contribution >= 4 is 23.5 Å². The number of hydrogen-bond acceptors (Lipinski definition) is 6. The summed E-state index contributed by atoms with van der Waals surface area (Å²) < 4.78 is 10.9. The van der Waals surface area contributed by atoms with Crippen molar-refractivity contribution < 1.29 is 29.0 Å². The molecule has 0 bridgehead atoms. The lowest BCUT2D eigenvalue weighted by atomic mass is 10.0. The van der Waals surface area contributed by atoms with Crippen molar-refractivity contribution in [2.45, 2.75) is 13.3 Å². The minimum Gasteiger partial charge on any atom is -0.486 e. The predicted octanol–water partition coefficient (Wildman–Crippen LogP) is 0.651. The van der Waals surface area contributed by atoms with E-state index in [1.165, 1.54) is 6.92 Å². The number of nitrogens with one attached hydrogen (secondary N) is 1. The number of carbonyl (C=O) groups excluding carboxylic acids is 2. The number of carboxylic acids is 1. The van der Waals surface area contributed by atoms with Crippen molar-refractivity contribution in [2.24, 2.45) is 5.92 Å². The quantitative estimate of drug-likeness (QED) is 0.733. The highest BCUT2D eigenvalue weighted by atomic mass is 16.6. The van der Waals surface area contributed by atoms with Crippen LogP contribution < -0.4 is 14.8 Å². The lowest BCUT2D eigenvalue weighted by Gasteiger charge is -2.35. The van der Waals surface area contributed by atoms with E-state index in [9.17, 15) is 19.5 Å². The zero-order chi connectivity index (χ0) is 20.1. The van der Waals surface area contributed by atoms with Gasteiger partial charge in [-0.1, -0.05) is 0 Å². The van der Waals surface area contributed by atoms with Gasteiger partial charge in [-0.25, -0.2) is 0 Å². The molecule has 1 unspecified atom stereocenters. The van der Waals surface area contributed by atoms with Crippen molar-refractivity contribution in [1.82, 2.24) is 9.80 Å². The fraction of sp³-hybridized carbons (Fsp3) is 0.526. The Balaban J connectivity index is 1.53. The molecule has 3 rings (SSSR count). The van der Waals surface area contributed by atoms with Gasteiger partial charge in [0.25, 0.3) is 0 Å². The highest BCUT2D eigenvalue weighted by Gasteiger charge is 2.27. The van der Waals surface area contributed by atoms with E-state index >= 15 is 0 Å². The van der Waals surface area contributed by atoms with Crippen molar-refractivity contribution in [1.29, 1.82) is 0 Å². The fourth-order valence-corrected chi connectivity index (χ4v) is 3.34. The highest BCUT2D eigenvalue weighted by molar-refractivity contribution is 5.93. The maximum atomic E-state index is 12.4. The second kappa shape index (κ2) is 8.92. The number of hydrogen-bond donors (Lipinski definition) is 2.